The van der Waals surface area contributed by atoms with Crippen LogP contribution in [0.4, 0.5) is 15.8 Å². The molecule has 1 saturated heterocycles. The number of hydrogen-bond acceptors (Lipinski definition) is 7. The Labute approximate surface area is 177 Å². The molecule has 0 aliphatic carbocycles. The van der Waals surface area contributed by atoms with E-state index in [9.17, 15) is 9.18 Å². The Morgan fingerprint density at radius 1 is 1.23 bits per heavy atom. The first-order chi connectivity index (χ1) is 14.6. The number of nitrogens with zero attached hydrogens (tertiary/aromatic N) is 3. The van der Waals surface area contributed by atoms with E-state index in [4.69, 9.17) is 9.26 Å². The molecule has 0 spiro atoms. The Morgan fingerprint density at radius 3 is 2.77 bits per heavy atom. The summed E-state index contributed by atoms with van der Waals surface area (Å²) in [5, 5.41) is 6.55. The standard InChI is InChI=1S/C21H21FN4O3S/c1-14-23-20(29-25-14)13-30-19-5-3-2-4-16(19)21(27)24-15-6-7-18(17(22)12-15)26-8-10-28-11-9-26/h2-7,12H,8-11,13H2,1H3,(H,24,27). The number of aromatic nitrogens is 2. The van der Waals surface area contributed by atoms with Crippen LogP contribution in [0.2, 0.25) is 0 Å². The molecule has 156 valence electrons. The number of nitrogens with one attached hydrogen (secondary N) is 1. The van der Waals surface area contributed by atoms with E-state index in [0.29, 0.717) is 60.7 Å². The molecule has 0 radical (unpaired) electrons. The van der Waals surface area contributed by atoms with Gasteiger partial charge >= 0.3 is 0 Å². The second-order valence-electron chi connectivity index (χ2n) is 6.74. The van der Waals surface area contributed by atoms with Gasteiger partial charge in [0.2, 0.25) is 5.89 Å². The smallest absolute Gasteiger partial charge is 0.256 e. The molecule has 2 aromatic carbocycles. The van der Waals surface area contributed by atoms with E-state index in [1.165, 1.54) is 17.8 Å². The summed E-state index contributed by atoms with van der Waals surface area (Å²) in [5.41, 5.74) is 1.42. The third-order valence-corrected chi connectivity index (χ3v) is 5.67. The van der Waals surface area contributed by atoms with Gasteiger partial charge in [0.1, 0.15) is 5.82 Å². The van der Waals surface area contributed by atoms with E-state index in [2.05, 4.69) is 15.5 Å². The molecule has 3 aromatic rings. The fourth-order valence-electron chi connectivity index (χ4n) is 3.16. The maximum Gasteiger partial charge on any atom is 0.256 e. The SMILES string of the molecule is Cc1noc(CSc2ccccc2C(=O)Nc2ccc(N3CCOCC3)c(F)c2)n1. The minimum Gasteiger partial charge on any atom is -0.378 e. The number of benzene rings is 2. The summed E-state index contributed by atoms with van der Waals surface area (Å²) in [4.78, 5) is 19.7. The zero-order valence-corrected chi connectivity index (χ0v) is 17.2. The molecule has 0 unspecified atom stereocenters. The second kappa shape index (κ2) is 9.27. The molecular weight excluding hydrogens is 407 g/mol. The molecule has 9 heteroatoms. The lowest BCUT2D eigenvalue weighted by Gasteiger charge is -2.29. The van der Waals surface area contributed by atoms with Gasteiger partial charge in [0, 0.05) is 23.7 Å². The van der Waals surface area contributed by atoms with Gasteiger partial charge in [-0.15, -0.1) is 11.8 Å². The summed E-state index contributed by atoms with van der Waals surface area (Å²) >= 11 is 1.43. The Bertz CT molecular complexity index is 1040. The number of rotatable bonds is 6. The molecule has 4 rings (SSSR count). The number of aryl methyl sites for hydroxylation is 1. The fraction of sp³-hybridized carbons (Fsp3) is 0.286. The fourth-order valence-corrected chi connectivity index (χ4v) is 4.05. The maximum atomic E-state index is 14.6. The van der Waals surface area contributed by atoms with Gasteiger partial charge in [-0.05, 0) is 37.3 Å². The largest absolute Gasteiger partial charge is 0.378 e. The molecule has 0 saturated carbocycles. The van der Waals surface area contributed by atoms with Crippen LogP contribution in [0, 0.1) is 12.7 Å². The Hall–Kier alpha value is -2.91. The Kier molecular flexibility index (Phi) is 6.29. The summed E-state index contributed by atoms with van der Waals surface area (Å²) in [6, 6.07) is 12.0. The van der Waals surface area contributed by atoms with Crippen molar-refractivity contribution in [3.05, 3.63) is 65.6 Å². The molecule has 1 aliphatic rings. The molecule has 1 N–H and O–H groups in total. The normalized spacial score (nSPS) is 14.0. The number of carbonyl (C=O) groups excluding carboxylic acids is 1. The van der Waals surface area contributed by atoms with Crippen LogP contribution in [0.15, 0.2) is 51.9 Å². The topological polar surface area (TPSA) is 80.5 Å². The second-order valence-corrected chi connectivity index (χ2v) is 7.76. The van der Waals surface area contributed by atoms with Crippen molar-refractivity contribution in [3.63, 3.8) is 0 Å². The number of amides is 1. The molecule has 1 aliphatic heterocycles. The highest BCUT2D eigenvalue weighted by atomic mass is 32.2. The van der Waals surface area contributed by atoms with Crippen LogP contribution in [0.5, 0.6) is 0 Å². The number of halogens is 1. The molecular formula is C21H21FN4O3S. The van der Waals surface area contributed by atoms with E-state index in [1.54, 1.807) is 31.2 Å². The van der Waals surface area contributed by atoms with Gasteiger partial charge in [-0.25, -0.2) is 4.39 Å². The number of carbonyl (C=O) groups is 1. The zero-order valence-electron chi connectivity index (χ0n) is 16.4. The van der Waals surface area contributed by atoms with Gasteiger partial charge < -0.3 is 19.5 Å². The lowest BCUT2D eigenvalue weighted by molar-refractivity contribution is 0.102. The van der Waals surface area contributed by atoms with Crippen molar-refractivity contribution in [2.45, 2.75) is 17.6 Å². The summed E-state index contributed by atoms with van der Waals surface area (Å²) in [6.07, 6.45) is 0. The first-order valence-corrected chi connectivity index (χ1v) is 10.5. The highest BCUT2D eigenvalue weighted by Crippen LogP contribution is 2.28. The average molecular weight is 428 g/mol. The van der Waals surface area contributed by atoms with Gasteiger partial charge in [0.25, 0.3) is 5.91 Å². The van der Waals surface area contributed by atoms with Crippen molar-refractivity contribution in [2.75, 3.05) is 36.5 Å². The highest BCUT2D eigenvalue weighted by molar-refractivity contribution is 7.98. The van der Waals surface area contributed by atoms with Crippen molar-refractivity contribution >= 4 is 29.0 Å². The molecule has 0 bridgehead atoms. The summed E-state index contributed by atoms with van der Waals surface area (Å²) in [5.74, 6) is 0.837. The quantitative estimate of drug-likeness (QED) is 0.597. The van der Waals surface area contributed by atoms with Gasteiger partial charge in [-0.2, -0.15) is 4.98 Å². The number of thioether (sulfide) groups is 1. The van der Waals surface area contributed by atoms with E-state index in [1.807, 2.05) is 17.0 Å². The third kappa shape index (κ3) is 4.80. The molecule has 7 nitrogen and oxygen atoms in total. The van der Waals surface area contributed by atoms with Crippen molar-refractivity contribution in [3.8, 4) is 0 Å². The highest BCUT2D eigenvalue weighted by Gasteiger charge is 2.17. The molecule has 1 amide bonds. The number of ether oxygens (including phenoxy) is 1. The summed E-state index contributed by atoms with van der Waals surface area (Å²) in [6.45, 7) is 4.20. The minimum atomic E-state index is -0.371. The van der Waals surface area contributed by atoms with E-state index in [0.717, 1.165) is 4.90 Å². The van der Waals surface area contributed by atoms with Crippen LogP contribution in [-0.4, -0.2) is 42.4 Å². The molecule has 1 fully saturated rings. The first-order valence-electron chi connectivity index (χ1n) is 9.55. The van der Waals surface area contributed by atoms with Gasteiger partial charge in [0.05, 0.1) is 30.2 Å². The van der Waals surface area contributed by atoms with E-state index >= 15 is 0 Å². The van der Waals surface area contributed by atoms with E-state index < -0.39 is 0 Å². The van der Waals surface area contributed by atoms with Crippen LogP contribution in [0.1, 0.15) is 22.1 Å². The van der Waals surface area contributed by atoms with Crippen LogP contribution >= 0.6 is 11.8 Å². The predicted octanol–water partition coefficient (Wildman–Crippen LogP) is 3.90. The Morgan fingerprint density at radius 2 is 2.03 bits per heavy atom. The van der Waals surface area contributed by atoms with E-state index in [-0.39, 0.29) is 11.7 Å². The van der Waals surface area contributed by atoms with Gasteiger partial charge in [-0.1, -0.05) is 17.3 Å². The monoisotopic (exact) mass is 428 g/mol. The number of anilines is 2. The number of hydrogen-bond donors (Lipinski definition) is 1. The third-order valence-electron chi connectivity index (χ3n) is 4.61. The van der Waals surface area contributed by atoms with Crippen LogP contribution in [0.3, 0.4) is 0 Å². The van der Waals surface area contributed by atoms with Crippen molar-refractivity contribution in [2.24, 2.45) is 0 Å². The first kappa shape index (κ1) is 20.4. The Balaban J connectivity index is 1.45. The molecule has 2 heterocycles. The molecule has 30 heavy (non-hydrogen) atoms. The van der Waals surface area contributed by atoms with Crippen molar-refractivity contribution in [1.82, 2.24) is 10.1 Å². The average Bonchev–Trinajstić information content (AvgIpc) is 3.18. The van der Waals surface area contributed by atoms with Crippen LogP contribution in [-0.2, 0) is 10.5 Å². The van der Waals surface area contributed by atoms with Crippen LogP contribution in [0.25, 0.3) is 0 Å². The summed E-state index contributed by atoms with van der Waals surface area (Å²) in [7, 11) is 0. The van der Waals surface area contributed by atoms with Crippen molar-refractivity contribution in [1.29, 1.82) is 0 Å². The lowest BCUT2D eigenvalue weighted by Crippen LogP contribution is -2.36. The predicted molar refractivity (Wildman–Crippen MR) is 112 cm³/mol. The van der Waals surface area contributed by atoms with Gasteiger partial charge in [0.15, 0.2) is 5.82 Å². The number of morpholine rings is 1. The van der Waals surface area contributed by atoms with Crippen molar-refractivity contribution < 1.29 is 18.4 Å². The van der Waals surface area contributed by atoms with Gasteiger partial charge in [-0.3, -0.25) is 4.79 Å². The molecule has 0 atom stereocenters. The minimum absolute atomic E-state index is 0.307. The zero-order chi connectivity index (χ0) is 20.9. The van der Waals surface area contributed by atoms with Crippen LogP contribution < -0.4 is 10.2 Å². The molecule has 1 aromatic heterocycles. The lowest BCUT2D eigenvalue weighted by atomic mass is 10.2. The maximum absolute atomic E-state index is 14.6. The summed E-state index contributed by atoms with van der Waals surface area (Å²) < 4.78 is 25.0.